The van der Waals surface area contributed by atoms with Crippen LogP contribution in [0.15, 0.2) is 42.5 Å². The van der Waals surface area contributed by atoms with Gasteiger partial charge in [0.25, 0.3) is 0 Å². The lowest BCUT2D eigenvalue weighted by atomic mass is 9.84. The molecular formula is C26H37NO3. The van der Waals surface area contributed by atoms with E-state index in [0.717, 1.165) is 48.1 Å². The van der Waals surface area contributed by atoms with Crippen molar-refractivity contribution in [2.24, 2.45) is 0 Å². The molecule has 30 heavy (non-hydrogen) atoms. The Hall–Kier alpha value is -2.33. The third-order valence-electron chi connectivity index (χ3n) is 5.57. The number of hydrogen-bond acceptors (Lipinski definition) is 3. The number of amides is 1. The van der Waals surface area contributed by atoms with Gasteiger partial charge in [-0.3, -0.25) is 4.79 Å². The molecule has 0 radical (unpaired) electrons. The minimum Gasteiger partial charge on any atom is -0.508 e. The van der Waals surface area contributed by atoms with Crippen molar-refractivity contribution in [1.29, 1.82) is 0 Å². The highest BCUT2D eigenvalue weighted by Gasteiger charge is 2.23. The second-order valence-electron chi connectivity index (χ2n) is 9.23. The lowest BCUT2D eigenvalue weighted by molar-refractivity contribution is -0.116. The van der Waals surface area contributed by atoms with Gasteiger partial charge in [-0.2, -0.15) is 0 Å². The highest BCUT2D eigenvalue weighted by atomic mass is 16.3. The van der Waals surface area contributed by atoms with Gasteiger partial charge in [0.05, 0.1) is 6.10 Å². The number of aliphatic hydroxyl groups excluding tert-OH is 1. The lowest BCUT2D eigenvalue weighted by Gasteiger charge is -2.25. The Kier molecular flexibility index (Phi) is 8.48. The number of nitrogens with one attached hydrogen (secondary N) is 1. The number of carbonyl (C=O) groups excluding carboxylic acids is 1. The number of anilines is 1. The van der Waals surface area contributed by atoms with Crippen LogP contribution in [0.4, 0.5) is 5.69 Å². The van der Waals surface area contributed by atoms with E-state index in [0.29, 0.717) is 6.42 Å². The number of phenols is 1. The summed E-state index contributed by atoms with van der Waals surface area (Å²) in [4.78, 5) is 13.0. The second kappa shape index (κ2) is 10.6. The number of para-hydroxylation sites is 1. The molecule has 2 unspecified atom stereocenters. The molecule has 1 amide bonds. The number of phenolic OH excluding ortho intramolecular Hbond substituents is 1. The summed E-state index contributed by atoms with van der Waals surface area (Å²) in [7, 11) is 0. The van der Waals surface area contributed by atoms with E-state index < -0.39 is 6.10 Å². The molecule has 164 valence electrons. The minimum atomic E-state index is -0.599. The van der Waals surface area contributed by atoms with E-state index in [4.69, 9.17) is 0 Å². The average Bonchev–Trinajstić information content (AvgIpc) is 2.67. The Morgan fingerprint density at radius 3 is 2.40 bits per heavy atom. The van der Waals surface area contributed by atoms with E-state index in [2.05, 4.69) is 33.0 Å². The van der Waals surface area contributed by atoms with Gasteiger partial charge in [-0.05, 0) is 53.5 Å². The Morgan fingerprint density at radius 2 is 1.80 bits per heavy atom. The largest absolute Gasteiger partial charge is 0.508 e. The van der Waals surface area contributed by atoms with Gasteiger partial charge in [0.15, 0.2) is 0 Å². The number of unbranched alkanes of at least 4 members (excludes halogenated alkanes) is 2. The SMILES string of the molecule is CCCCCC(CC(=O)Nc1cc(C(C)O)ccc1C(C)(C)C)c1ccccc1O. The summed E-state index contributed by atoms with van der Waals surface area (Å²) < 4.78 is 0. The molecule has 4 heteroatoms. The first kappa shape index (κ1) is 23.9. The highest BCUT2D eigenvalue weighted by molar-refractivity contribution is 5.92. The third-order valence-corrected chi connectivity index (χ3v) is 5.57. The van der Waals surface area contributed by atoms with Crippen molar-refractivity contribution in [3.05, 3.63) is 59.2 Å². The molecule has 0 saturated heterocycles. The van der Waals surface area contributed by atoms with Crippen molar-refractivity contribution in [2.75, 3.05) is 5.32 Å². The summed E-state index contributed by atoms with van der Waals surface area (Å²) in [5, 5.41) is 23.4. The van der Waals surface area contributed by atoms with Gasteiger partial charge < -0.3 is 15.5 Å². The molecule has 0 aliphatic carbocycles. The van der Waals surface area contributed by atoms with E-state index >= 15 is 0 Å². The number of aromatic hydroxyl groups is 1. The van der Waals surface area contributed by atoms with Crippen LogP contribution in [0.1, 0.15) is 95.4 Å². The molecule has 4 nitrogen and oxygen atoms in total. The maximum atomic E-state index is 13.0. The molecule has 0 saturated carbocycles. The molecule has 2 rings (SSSR count). The zero-order valence-electron chi connectivity index (χ0n) is 19.0. The average molecular weight is 412 g/mol. The summed E-state index contributed by atoms with van der Waals surface area (Å²) >= 11 is 0. The fraction of sp³-hybridized carbons (Fsp3) is 0.500. The quantitative estimate of drug-likeness (QED) is 0.416. The molecule has 3 N–H and O–H groups in total. The first-order valence-electron chi connectivity index (χ1n) is 11.0. The zero-order chi connectivity index (χ0) is 22.3. The van der Waals surface area contributed by atoms with E-state index in [1.54, 1.807) is 19.1 Å². The first-order valence-corrected chi connectivity index (χ1v) is 11.0. The smallest absolute Gasteiger partial charge is 0.224 e. The van der Waals surface area contributed by atoms with Crippen molar-refractivity contribution < 1.29 is 15.0 Å². The maximum absolute atomic E-state index is 13.0. The number of hydrogen-bond donors (Lipinski definition) is 3. The highest BCUT2D eigenvalue weighted by Crippen LogP contribution is 2.35. The molecule has 2 atom stereocenters. The van der Waals surface area contributed by atoms with E-state index in [1.165, 1.54) is 0 Å². The molecule has 0 aromatic heterocycles. The summed E-state index contributed by atoms with van der Waals surface area (Å²) in [6.45, 7) is 10.2. The van der Waals surface area contributed by atoms with Gasteiger partial charge in [0.1, 0.15) is 5.75 Å². The molecule has 0 aliphatic rings. The van der Waals surface area contributed by atoms with Crippen LogP contribution in [0, 0.1) is 0 Å². The second-order valence-corrected chi connectivity index (χ2v) is 9.23. The monoisotopic (exact) mass is 411 g/mol. The Labute approximate surface area is 181 Å². The third kappa shape index (κ3) is 6.60. The molecule has 0 spiro atoms. The first-order chi connectivity index (χ1) is 14.1. The molecule has 0 aliphatic heterocycles. The molecule has 0 fully saturated rings. The van der Waals surface area contributed by atoms with Crippen molar-refractivity contribution in [3.8, 4) is 5.75 Å². The van der Waals surface area contributed by atoms with Crippen molar-refractivity contribution >= 4 is 11.6 Å². The Bertz CT molecular complexity index is 836. The topological polar surface area (TPSA) is 69.6 Å². The van der Waals surface area contributed by atoms with Gasteiger partial charge in [-0.1, -0.05) is 77.3 Å². The number of rotatable bonds is 9. The summed E-state index contributed by atoms with van der Waals surface area (Å²) in [6.07, 6.45) is 3.81. The number of benzene rings is 2. The van der Waals surface area contributed by atoms with Crippen LogP contribution in [0.5, 0.6) is 5.75 Å². The van der Waals surface area contributed by atoms with Crippen LogP contribution in [-0.2, 0) is 10.2 Å². The molecule has 2 aromatic carbocycles. The van der Waals surface area contributed by atoms with Crippen molar-refractivity contribution in [2.45, 2.75) is 84.2 Å². The van der Waals surface area contributed by atoms with Crippen LogP contribution in [-0.4, -0.2) is 16.1 Å². The fourth-order valence-corrected chi connectivity index (χ4v) is 3.85. The predicted molar refractivity (Wildman–Crippen MR) is 124 cm³/mol. The van der Waals surface area contributed by atoms with Crippen molar-refractivity contribution in [1.82, 2.24) is 0 Å². The molecular weight excluding hydrogens is 374 g/mol. The Morgan fingerprint density at radius 1 is 1.10 bits per heavy atom. The van der Waals surface area contributed by atoms with E-state index in [1.807, 2.05) is 30.3 Å². The number of aliphatic hydroxyl groups is 1. The Balaban J connectivity index is 2.26. The van der Waals surface area contributed by atoms with Crippen LogP contribution in [0.25, 0.3) is 0 Å². The zero-order valence-corrected chi connectivity index (χ0v) is 19.0. The van der Waals surface area contributed by atoms with Gasteiger partial charge in [0.2, 0.25) is 5.91 Å². The molecule has 2 aromatic rings. The lowest BCUT2D eigenvalue weighted by Crippen LogP contribution is -2.21. The molecule has 0 heterocycles. The predicted octanol–water partition coefficient (Wildman–Crippen LogP) is 6.44. The fourth-order valence-electron chi connectivity index (χ4n) is 3.85. The minimum absolute atomic E-state index is 0.0317. The standard InChI is InChI=1S/C26H37NO3/c1-6-7-8-11-20(21-12-9-10-13-24(21)29)17-25(30)27-23-16-19(18(2)28)14-15-22(23)26(3,4)5/h9-10,12-16,18,20,28-29H,6-8,11,17H2,1-5H3,(H,27,30). The van der Waals surface area contributed by atoms with Crippen LogP contribution >= 0.6 is 0 Å². The number of carbonyl (C=O) groups is 1. The summed E-state index contributed by atoms with van der Waals surface area (Å²) in [6, 6.07) is 13.1. The van der Waals surface area contributed by atoms with Gasteiger partial charge in [0, 0.05) is 12.1 Å². The summed E-state index contributed by atoms with van der Waals surface area (Å²) in [5.74, 6) is 0.141. The summed E-state index contributed by atoms with van der Waals surface area (Å²) in [5.41, 5.74) is 3.25. The van der Waals surface area contributed by atoms with Gasteiger partial charge in [-0.25, -0.2) is 0 Å². The van der Waals surface area contributed by atoms with Gasteiger partial charge in [-0.15, -0.1) is 0 Å². The van der Waals surface area contributed by atoms with Crippen LogP contribution in [0.2, 0.25) is 0 Å². The van der Waals surface area contributed by atoms with Crippen LogP contribution < -0.4 is 5.32 Å². The molecule has 0 bridgehead atoms. The van der Waals surface area contributed by atoms with Crippen molar-refractivity contribution in [3.63, 3.8) is 0 Å². The normalized spacial score (nSPS) is 13.7. The van der Waals surface area contributed by atoms with Gasteiger partial charge >= 0.3 is 0 Å². The maximum Gasteiger partial charge on any atom is 0.224 e. The van der Waals surface area contributed by atoms with E-state index in [-0.39, 0.29) is 23.0 Å². The van der Waals surface area contributed by atoms with Crippen LogP contribution in [0.3, 0.4) is 0 Å². The van der Waals surface area contributed by atoms with E-state index in [9.17, 15) is 15.0 Å².